The number of likely N-dealkylation sites (N-methyl/N-ethyl adjacent to an activating group) is 1. The Hall–Kier alpha value is -1.85. The summed E-state index contributed by atoms with van der Waals surface area (Å²) in [7, 11) is 0.679. The van der Waals surface area contributed by atoms with Gasteiger partial charge in [-0.15, -0.1) is 0 Å². The minimum atomic E-state index is -3.47. The zero-order valence-corrected chi connectivity index (χ0v) is 15.5. The minimum absolute atomic E-state index is 0.356. The van der Waals surface area contributed by atoms with Crippen LogP contribution in [0.5, 0.6) is 0 Å². The van der Waals surface area contributed by atoms with E-state index in [4.69, 9.17) is 0 Å². The van der Waals surface area contributed by atoms with E-state index in [1.54, 1.807) is 30.3 Å². The third-order valence-electron chi connectivity index (χ3n) is 5.86. The zero-order valence-electron chi connectivity index (χ0n) is 14.6. The molecule has 1 N–H and O–H groups in total. The van der Waals surface area contributed by atoms with Gasteiger partial charge < -0.3 is 10.2 Å². The lowest BCUT2D eigenvalue weighted by molar-refractivity contribution is 0.326. The van der Waals surface area contributed by atoms with Crippen LogP contribution in [-0.4, -0.2) is 34.6 Å². The van der Waals surface area contributed by atoms with E-state index in [0.717, 1.165) is 12.8 Å². The Kier molecular flexibility index (Phi) is 4.08. The summed E-state index contributed by atoms with van der Waals surface area (Å²) in [6.07, 6.45) is 3.38. The highest BCUT2D eigenvalue weighted by Crippen LogP contribution is 2.47. The summed E-state index contributed by atoms with van der Waals surface area (Å²) in [6.45, 7) is 0. The molecule has 5 heteroatoms. The van der Waals surface area contributed by atoms with Crippen LogP contribution in [0.3, 0.4) is 0 Å². The normalized spacial score (nSPS) is 25.5. The Bertz CT molecular complexity index is 880. The van der Waals surface area contributed by atoms with Gasteiger partial charge in [0.15, 0.2) is 0 Å². The van der Waals surface area contributed by atoms with Gasteiger partial charge in [-0.1, -0.05) is 18.2 Å². The maximum atomic E-state index is 13.0. The number of sulfone groups is 1. The van der Waals surface area contributed by atoms with Gasteiger partial charge in [-0.2, -0.15) is 0 Å². The molecule has 4 nitrogen and oxygen atoms in total. The van der Waals surface area contributed by atoms with Crippen molar-refractivity contribution in [1.82, 2.24) is 5.32 Å². The molecule has 0 saturated heterocycles. The highest BCUT2D eigenvalue weighted by Gasteiger charge is 2.41. The van der Waals surface area contributed by atoms with Gasteiger partial charge in [0.2, 0.25) is 9.84 Å². The van der Waals surface area contributed by atoms with Gasteiger partial charge in [0.25, 0.3) is 0 Å². The predicted molar refractivity (Wildman–Crippen MR) is 100.0 cm³/mol. The maximum absolute atomic E-state index is 13.0. The molecule has 2 aromatic rings. The van der Waals surface area contributed by atoms with Crippen LogP contribution in [0.1, 0.15) is 30.7 Å². The molecule has 2 unspecified atom stereocenters. The average Bonchev–Trinajstić information content (AvgIpc) is 2.94. The molecule has 1 aliphatic carbocycles. The zero-order chi connectivity index (χ0) is 17.6. The van der Waals surface area contributed by atoms with E-state index in [-0.39, 0.29) is 0 Å². The summed E-state index contributed by atoms with van der Waals surface area (Å²) in [5, 5.41) is 3.40. The molecule has 1 aliphatic heterocycles. The van der Waals surface area contributed by atoms with E-state index >= 15 is 0 Å². The Labute approximate surface area is 149 Å². The number of anilines is 1. The lowest BCUT2D eigenvalue weighted by atomic mass is 9.80. The number of rotatable bonds is 3. The third kappa shape index (κ3) is 2.66. The molecule has 4 rings (SSSR count). The highest BCUT2D eigenvalue weighted by atomic mass is 32.2. The molecule has 132 valence electrons. The Morgan fingerprint density at radius 1 is 1.04 bits per heavy atom. The Morgan fingerprint density at radius 2 is 1.80 bits per heavy atom. The molecule has 1 heterocycles. The number of fused-ring (bicyclic) bond motifs is 3. The fourth-order valence-corrected chi connectivity index (χ4v) is 5.76. The van der Waals surface area contributed by atoms with Crippen LogP contribution >= 0.6 is 0 Å². The van der Waals surface area contributed by atoms with Gasteiger partial charge in [0.05, 0.1) is 9.79 Å². The predicted octanol–water partition coefficient (Wildman–Crippen LogP) is 3.19. The van der Waals surface area contributed by atoms with Crippen molar-refractivity contribution in [1.29, 1.82) is 0 Å². The first kappa shape index (κ1) is 16.6. The largest absolute Gasteiger partial charge is 0.371 e. The van der Waals surface area contributed by atoms with Crippen molar-refractivity contribution in [2.75, 3.05) is 19.0 Å². The molecule has 0 radical (unpaired) electrons. The van der Waals surface area contributed by atoms with E-state index in [9.17, 15) is 8.42 Å². The average molecular weight is 356 g/mol. The van der Waals surface area contributed by atoms with Crippen LogP contribution in [0, 0.1) is 0 Å². The van der Waals surface area contributed by atoms with Crippen LogP contribution in [0.25, 0.3) is 0 Å². The van der Waals surface area contributed by atoms with Gasteiger partial charge in [-0.05, 0) is 62.2 Å². The molecule has 25 heavy (non-hydrogen) atoms. The van der Waals surface area contributed by atoms with Crippen LogP contribution < -0.4 is 10.2 Å². The first-order chi connectivity index (χ1) is 12.0. The lowest BCUT2D eigenvalue weighted by Crippen LogP contribution is -2.40. The first-order valence-corrected chi connectivity index (χ1v) is 10.3. The first-order valence-electron chi connectivity index (χ1n) is 8.86. The number of nitrogens with one attached hydrogen (secondary N) is 1. The Morgan fingerprint density at radius 3 is 2.52 bits per heavy atom. The topological polar surface area (TPSA) is 49.4 Å². The fourth-order valence-electron chi connectivity index (χ4n) is 4.45. The summed E-state index contributed by atoms with van der Waals surface area (Å²) in [6, 6.07) is 15.3. The minimum Gasteiger partial charge on any atom is -0.371 e. The quantitative estimate of drug-likeness (QED) is 0.918. The fraction of sp³-hybridized carbons (Fsp3) is 0.400. The van der Waals surface area contributed by atoms with Gasteiger partial charge in [0.1, 0.15) is 0 Å². The van der Waals surface area contributed by atoms with Gasteiger partial charge in [0, 0.05) is 30.7 Å². The van der Waals surface area contributed by atoms with Crippen LogP contribution in [0.15, 0.2) is 58.3 Å². The number of benzene rings is 2. The number of hydrogen-bond donors (Lipinski definition) is 1. The molecule has 0 amide bonds. The van der Waals surface area contributed by atoms with Crippen molar-refractivity contribution < 1.29 is 8.42 Å². The van der Waals surface area contributed by atoms with Crippen LogP contribution in [0.2, 0.25) is 0 Å². The molecule has 3 atom stereocenters. The molecule has 2 aromatic carbocycles. The smallest absolute Gasteiger partial charge is 0.206 e. The lowest BCUT2D eigenvalue weighted by Gasteiger charge is -2.35. The van der Waals surface area contributed by atoms with Crippen molar-refractivity contribution in [3.8, 4) is 0 Å². The molecular formula is C20H24N2O2S. The van der Waals surface area contributed by atoms with Gasteiger partial charge >= 0.3 is 0 Å². The summed E-state index contributed by atoms with van der Waals surface area (Å²) in [4.78, 5) is 3.10. The van der Waals surface area contributed by atoms with E-state index in [2.05, 4.69) is 17.3 Å². The van der Waals surface area contributed by atoms with Crippen molar-refractivity contribution >= 4 is 15.5 Å². The SMILES string of the molecule is CN[C@H]1CCC2C(C1)c1cc(S(=O)(=O)c3ccccc3)ccc1N2C. The molecule has 2 aliphatic rings. The van der Waals surface area contributed by atoms with E-state index in [1.807, 2.05) is 25.2 Å². The molecule has 0 spiro atoms. The summed E-state index contributed by atoms with van der Waals surface area (Å²) >= 11 is 0. The number of nitrogens with zero attached hydrogens (tertiary/aromatic N) is 1. The van der Waals surface area contributed by atoms with Crippen molar-refractivity contribution in [3.05, 3.63) is 54.1 Å². The van der Waals surface area contributed by atoms with Gasteiger partial charge in [-0.25, -0.2) is 8.42 Å². The van der Waals surface area contributed by atoms with Crippen molar-refractivity contribution in [2.24, 2.45) is 0 Å². The second-order valence-electron chi connectivity index (χ2n) is 7.12. The highest BCUT2D eigenvalue weighted by molar-refractivity contribution is 7.91. The molecule has 0 bridgehead atoms. The monoisotopic (exact) mass is 356 g/mol. The molecule has 1 fully saturated rings. The van der Waals surface area contributed by atoms with Crippen LogP contribution in [0.4, 0.5) is 5.69 Å². The summed E-state index contributed by atoms with van der Waals surface area (Å²) in [5.41, 5.74) is 2.36. The summed E-state index contributed by atoms with van der Waals surface area (Å²) in [5.74, 6) is 0.400. The standard InChI is InChI=1S/C20H24N2O2S/c1-21-14-8-10-19-17(12-14)18-13-16(9-11-20(18)22(19)2)25(23,24)15-6-4-3-5-7-15/h3-7,9,11,13-14,17,19,21H,8,10,12H2,1-2H3/t14-,17?,19?/m0/s1. The van der Waals surface area contributed by atoms with E-state index < -0.39 is 9.84 Å². The van der Waals surface area contributed by atoms with E-state index in [0.29, 0.717) is 27.8 Å². The van der Waals surface area contributed by atoms with Gasteiger partial charge in [-0.3, -0.25) is 0 Å². The summed E-state index contributed by atoms with van der Waals surface area (Å²) < 4.78 is 25.9. The van der Waals surface area contributed by atoms with E-state index in [1.165, 1.54) is 17.7 Å². The second-order valence-corrected chi connectivity index (χ2v) is 9.07. The third-order valence-corrected chi connectivity index (χ3v) is 7.63. The van der Waals surface area contributed by atoms with Crippen molar-refractivity contribution in [2.45, 2.75) is 47.1 Å². The second kappa shape index (κ2) is 6.15. The molecule has 0 aromatic heterocycles. The number of hydrogen-bond acceptors (Lipinski definition) is 4. The van der Waals surface area contributed by atoms with Crippen molar-refractivity contribution in [3.63, 3.8) is 0 Å². The van der Waals surface area contributed by atoms with Crippen LogP contribution in [-0.2, 0) is 9.84 Å². The molecular weight excluding hydrogens is 332 g/mol. The maximum Gasteiger partial charge on any atom is 0.206 e. The molecule has 1 saturated carbocycles. The Balaban J connectivity index is 1.76.